The van der Waals surface area contributed by atoms with Crippen molar-refractivity contribution in [3.05, 3.63) is 22.4 Å². The third-order valence-corrected chi connectivity index (χ3v) is 3.71. The van der Waals surface area contributed by atoms with E-state index in [1.165, 1.54) is 11.3 Å². The average molecular weight is 254 g/mol. The van der Waals surface area contributed by atoms with E-state index in [9.17, 15) is 9.59 Å². The number of nitrogens with two attached hydrogens (primary N) is 1. The Hall–Kier alpha value is -1.40. The Kier molecular flexibility index (Phi) is 3.44. The Labute approximate surface area is 103 Å². The second-order valence-corrected chi connectivity index (χ2v) is 5.17. The molecule has 0 bridgehead atoms. The summed E-state index contributed by atoms with van der Waals surface area (Å²) in [7, 11) is 0. The first-order chi connectivity index (χ1) is 8.08. The van der Waals surface area contributed by atoms with Crippen molar-refractivity contribution >= 4 is 23.2 Å². The van der Waals surface area contributed by atoms with E-state index < -0.39 is 11.9 Å². The molecule has 6 heteroatoms. The lowest BCUT2D eigenvalue weighted by atomic mass is 9.95. The van der Waals surface area contributed by atoms with Gasteiger partial charge in [-0.1, -0.05) is 6.07 Å². The average Bonchev–Trinajstić information content (AvgIpc) is 2.80. The van der Waals surface area contributed by atoms with Gasteiger partial charge >= 0.3 is 5.97 Å². The third kappa shape index (κ3) is 2.65. The van der Waals surface area contributed by atoms with Crippen LogP contribution in [0.3, 0.4) is 0 Å². The molecule has 5 nitrogen and oxygen atoms in total. The number of carbonyl (C=O) groups is 2. The second kappa shape index (κ2) is 4.85. The third-order valence-electron chi connectivity index (χ3n) is 2.85. The summed E-state index contributed by atoms with van der Waals surface area (Å²) in [5, 5.41) is 10.8. The fourth-order valence-corrected chi connectivity index (χ4v) is 2.73. The monoisotopic (exact) mass is 254 g/mol. The summed E-state index contributed by atoms with van der Waals surface area (Å²) in [5.41, 5.74) is 5.79. The van der Waals surface area contributed by atoms with Gasteiger partial charge in [-0.15, -0.1) is 11.3 Å². The van der Waals surface area contributed by atoms with E-state index in [0.717, 1.165) is 0 Å². The van der Waals surface area contributed by atoms with Crippen LogP contribution in [0.25, 0.3) is 0 Å². The van der Waals surface area contributed by atoms with Crippen molar-refractivity contribution in [2.75, 3.05) is 13.1 Å². The van der Waals surface area contributed by atoms with Crippen LogP contribution in [0, 0.1) is 5.92 Å². The van der Waals surface area contributed by atoms with Crippen LogP contribution in [0.15, 0.2) is 17.5 Å². The number of carbonyl (C=O) groups excluding carboxylic acids is 1. The molecule has 2 atom stereocenters. The van der Waals surface area contributed by atoms with Gasteiger partial charge in [-0.05, 0) is 17.9 Å². The van der Waals surface area contributed by atoms with Crippen LogP contribution in [0.1, 0.15) is 16.1 Å². The predicted molar refractivity (Wildman–Crippen MR) is 63.9 cm³/mol. The number of aliphatic carboxylic acids is 1. The van der Waals surface area contributed by atoms with Crippen molar-refractivity contribution in [3.8, 4) is 0 Å². The molecule has 1 aliphatic rings. The molecule has 92 valence electrons. The van der Waals surface area contributed by atoms with Gasteiger partial charge in [0.05, 0.1) is 10.8 Å². The Morgan fingerprint density at radius 3 is 2.82 bits per heavy atom. The lowest BCUT2D eigenvalue weighted by molar-refractivity contribution is -0.143. The summed E-state index contributed by atoms with van der Waals surface area (Å²) in [4.78, 5) is 25.2. The standard InChI is InChI=1S/C11H14N2O3S/c12-8-4-7(11(15)16)5-13(6-8)10(14)9-2-1-3-17-9/h1-3,7-8H,4-6,12H2,(H,15,16). The summed E-state index contributed by atoms with van der Waals surface area (Å²) >= 11 is 1.36. The Morgan fingerprint density at radius 2 is 2.24 bits per heavy atom. The predicted octanol–water partition coefficient (Wildman–Crippen LogP) is 0.622. The van der Waals surface area contributed by atoms with Crippen LogP contribution in [-0.4, -0.2) is 41.0 Å². The van der Waals surface area contributed by atoms with Gasteiger partial charge in [0.25, 0.3) is 5.91 Å². The van der Waals surface area contributed by atoms with Crippen LogP contribution in [0.5, 0.6) is 0 Å². The smallest absolute Gasteiger partial charge is 0.308 e. The summed E-state index contributed by atoms with van der Waals surface area (Å²) in [6, 6.07) is 3.29. The number of likely N-dealkylation sites (tertiary alicyclic amines) is 1. The van der Waals surface area contributed by atoms with Crippen molar-refractivity contribution in [3.63, 3.8) is 0 Å². The molecule has 1 aromatic heterocycles. The molecule has 0 spiro atoms. The van der Waals surface area contributed by atoms with E-state index in [1.54, 1.807) is 17.0 Å². The first-order valence-corrected chi connectivity index (χ1v) is 6.27. The van der Waals surface area contributed by atoms with Crippen LogP contribution in [0.2, 0.25) is 0 Å². The molecular formula is C11H14N2O3S. The molecule has 1 saturated heterocycles. The fourth-order valence-electron chi connectivity index (χ4n) is 2.04. The van der Waals surface area contributed by atoms with E-state index in [-0.39, 0.29) is 18.5 Å². The van der Waals surface area contributed by atoms with Crippen molar-refractivity contribution < 1.29 is 14.7 Å². The van der Waals surface area contributed by atoms with Gasteiger partial charge in [-0.3, -0.25) is 9.59 Å². The SMILES string of the molecule is NC1CC(C(=O)O)CN(C(=O)c2cccs2)C1. The zero-order valence-electron chi connectivity index (χ0n) is 9.20. The molecule has 0 aliphatic carbocycles. The van der Waals surface area contributed by atoms with Crippen molar-refractivity contribution in [2.24, 2.45) is 11.7 Å². The number of hydrogen-bond acceptors (Lipinski definition) is 4. The number of hydrogen-bond donors (Lipinski definition) is 2. The number of piperidine rings is 1. The van der Waals surface area contributed by atoms with Crippen molar-refractivity contribution in [1.29, 1.82) is 0 Å². The van der Waals surface area contributed by atoms with Gasteiger partial charge in [0, 0.05) is 19.1 Å². The van der Waals surface area contributed by atoms with Crippen molar-refractivity contribution in [1.82, 2.24) is 4.90 Å². The van der Waals surface area contributed by atoms with E-state index in [1.807, 2.05) is 5.38 Å². The highest BCUT2D eigenvalue weighted by Crippen LogP contribution is 2.20. The summed E-state index contributed by atoms with van der Waals surface area (Å²) in [6.45, 7) is 0.681. The molecule has 1 aromatic rings. The van der Waals surface area contributed by atoms with Crippen LogP contribution < -0.4 is 5.73 Å². The summed E-state index contributed by atoms with van der Waals surface area (Å²) in [5.74, 6) is -1.56. The largest absolute Gasteiger partial charge is 0.481 e. The molecule has 2 heterocycles. The Morgan fingerprint density at radius 1 is 1.47 bits per heavy atom. The van der Waals surface area contributed by atoms with Gasteiger partial charge < -0.3 is 15.7 Å². The topological polar surface area (TPSA) is 83.6 Å². The first kappa shape index (κ1) is 12.1. The lowest BCUT2D eigenvalue weighted by Gasteiger charge is -2.34. The minimum absolute atomic E-state index is 0.124. The van der Waals surface area contributed by atoms with Gasteiger partial charge in [-0.25, -0.2) is 0 Å². The van der Waals surface area contributed by atoms with Gasteiger partial charge in [0.1, 0.15) is 0 Å². The molecule has 1 fully saturated rings. The molecule has 2 unspecified atom stereocenters. The number of nitrogens with zero attached hydrogens (tertiary/aromatic N) is 1. The number of thiophene rings is 1. The molecule has 0 radical (unpaired) electrons. The molecular weight excluding hydrogens is 240 g/mol. The van der Waals surface area contributed by atoms with Crippen molar-refractivity contribution in [2.45, 2.75) is 12.5 Å². The zero-order chi connectivity index (χ0) is 12.4. The van der Waals surface area contributed by atoms with Crippen LogP contribution in [-0.2, 0) is 4.79 Å². The van der Waals surface area contributed by atoms with E-state index in [4.69, 9.17) is 10.8 Å². The van der Waals surface area contributed by atoms with E-state index >= 15 is 0 Å². The molecule has 2 rings (SSSR count). The normalized spacial score (nSPS) is 24.6. The molecule has 1 amide bonds. The number of rotatable bonds is 2. The number of amides is 1. The maximum atomic E-state index is 12.1. The van der Waals surface area contributed by atoms with Gasteiger partial charge in [-0.2, -0.15) is 0 Å². The highest BCUT2D eigenvalue weighted by Gasteiger charge is 2.32. The van der Waals surface area contributed by atoms with Gasteiger partial charge in [0.15, 0.2) is 0 Å². The Balaban J connectivity index is 2.10. The quantitative estimate of drug-likeness (QED) is 0.810. The molecule has 0 saturated carbocycles. The molecule has 1 aliphatic heterocycles. The maximum absolute atomic E-state index is 12.1. The zero-order valence-corrected chi connectivity index (χ0v) is 10.0. The fraction of sp³-hybridized carbons (Fsp3) is 0.455. The molecule has 3 N–H and O–H groups in total. The van der Waals surface area contributed by atoms with E-state index in [0.29, 0.717) is 17.8 Å². The Bertz CT molecular complexity index is 418. The summed E-state index contributed by atoms with van der Waals surface area (Å²) < 4.78 is 0. The highest BCUT2D eigenvalue weighted by molar-refractivity contribution is 7.12. The molecule has 17 heavy (non-hydrogen) atoms. The van der Waals surface area contributed by atoms with Crippen LogP contribution in [0.4, 0.5) is 0 Å². The second-order valence-electron chi connectivity index (χ2n) is 4.22. The van der Waals surface area contributed by atoms with Crippen LogP contribution >= 0.6 is 11.3 Å². The first-order valence-electron chi connectivity index (χ1n) is 5.39. The minimum atomic E-state index is -0.885. The molecule has 0 aromatic carbocycles. The number of carboxylic acids is 1. The van der Waals surface area contributed by atoms with E-state index in [2.05, 4.69) is 0 Å². The lowest BCUT2D eigenvalue weighted by Crippen LogP contribution is -2.51. The van der Waals surface area contributed by atoms with Gasteiger partial charge in [0.2, 0.25) is 0 Å². The summed E-state index contributed by atoms with van der Waals surface area (Å²) in [6.07, 6.45) is 0.434. The highest BCUT2D eigenvalue weighted by atomic mass is 32.1. The maximum Gasteiger partial charge on any atom is 0.308 e. The minimum Gasteiger partial charge on any atom is -0.481 e. The number of carboxylic acid groups (broad SMARTS) is 1.